The van der Waals surface area contributed by atoms with Crippen molar-refractivity contribution < 1.29 is 0 Å². The van der Waals surface area contributed by atoms with Crippen LogP contribution in [0.5, 0.6) is 0 Å². The van der Waals surface area contributed by atoms with Crippen LogP contribution in [0, 0.1) is 6.92 Å². The van der Waals surface area contributed by atoms with Crippen LogP contribution >= 0.6 is 0 Å². The Bertz CT molecular complexity index is 1280. The number of aromatic nitrogens is 4. The van der Waals surface area contributed by atoms with E-state index in [1.54, 1.807) is 18.6 Å². The van der Waals surface area contributed by atoms with E-state index >= 15 is 0 Å². The summed E-state index contributed by atoms with van der Waals surface area (Å²) in [5.41, 5.74) is 4.90. The van der Waals surface area contributed by atoms with Crippen molar-refractivity contribution in [3.8, 4) is 11.3 Å². The summed E-state index contributed by atoms with van der Waals surface area (Å²) in [5.74, 6) is 1.12. The molecule has 0 radical (unpaired) electrons. The summed E-state index contributed by atoms with van der Waals surface area (Å²) in [6.07, 6.45) is 8.90. The van der Waals surface area contributed by atoms with Gasteiger partial charge in [0.1, 0.15) is 12.1 Å². The second-order valence-corrected chi connectivity index (χ2v) is 7.97. The van der Waals surface area contributed by atoms with Gasteiger partial charge in [0.25, 0.3) is 5.56 Å². The predicted octanol–water partition coefficient (Wildman–Crippen LogP) is 3.90. The van der Waals surface area contributed by atoms with E-state index in [0.29, 0.717) is 22.8 Å². The predicted molar refractivity (Wildman–Crippen MR) is 123 cm³/mol. The largest absolute Gasteiger partial charge is 0.340 e. The third-order valence-corrected chi connectivity index (χ3v) is 5.92. The molecule has 1 aliphatic heterocycles. The maximum atomic E-state index is 12.6. The van der Waals surface area contributed by atoms with E-state index in [2.05, 4.69) is 50.7 Å². The second kappa shape index (κ2) is 8.28. The topological polar surface area (TPSA) is 95.6 Å². The Morgan fingerprint density at radius 2 is 1.87 bits per heavy atom. The molecule has 3 N–H and O–H groups in total. The Hall–Kier alpha value is -3.58. The molecule has 1 saturated heterocycles. The molecule has 7 heteroatoms. The zero-order valence-corrected chi connectivity index (χ0v) is 17.4. The molecule has 7 nitrogen and oxygen atoms in total. The lowest BCUT2D eigenvalue weighted by molar-refractivity contribution is 0.459. The fourth-order valence-electron chi connectivity index (χ4n) is 4.37. The first-order valence-corrected chi connectivity index (χ1v) is 10.5. The lowest BCUT2D eigenvalue weighted by Crippen LogP contribution is -2.26. The van der Waals surface area contributed by atoms with E-state index in [1.165, 1.54) is 17.5 Å². The van der Waals surface area contributed by atoms with Crippen molar-refractivity contribution in [2.45, 2.75) is 25.7 Å². The molecule has 0 atom stereocenters. The van der Waals surface area contributed by atoms with Crippen LogP contribution in [-0.2, 0) is 0 Å². The van der Waals surface area contributed by atoms with E-state index in [0.717, 1.165) is 42.6 Å². The molecule has 0 unspecified atom stereocenters. The van der Waals surface area contributed by atoms with Crippen molar-refractivity contribution >= 4 is 22.3 Å². The van der Waals surface area contributed by atoms with Crippen molar-refractivity contribution in [3.63, 3.8) is 0 Å². The molecule has 0 amide bonds. The Morgan fingerprint density at radius 1 is 1.06 bits per heavy atom. The van der Waals surface area contributed by atoms with Crippen molar-refractivity contribution in [1.29, 1.82) is 0 Å². The van der Waals surface area contributed by atoms with Crippen molar-refractivity contribution in [3.05, 3.63) is 76.7 Å². The number of nitrogens with one attached hydrogen (secondary N) is 3. The summed E-state index contributed by atoms with van der Waals surface area (Å²) in [7, 11) is 0. The van der Waals surface area contributed by atoms with E-state index in [9.17, 15) is 4.79 Å². The standard InChI is InChI=1S/C24H24N6O/c1-15-10-19(2-3-20(15)16-4-7-25-8-5-16)29-23-22-17(6-9-28-24(22)31)11-21(30-23)18-12-26-14-27-13-18/h2-3,6,9-14,16,25H,4-5,7-8H2,1H3,(H,28,31)(H,29,30). The van der Waals surface area contributed by atoms with Gasteiger partial charge in [0.05, 0.1) is 11.1 Å². The van der Waals surface area contributed by atoms with Crippen LogP contribution in [0.1, 0.15) is 29.9 Å². The maximum absolute atomic E-state index is 12.6. The van der Waals surface area contributed by atoms with Gasteiger partial charge >= 0.3 is 0 Å². The molecule has 5 rings (SSSR count). The summed E-state index contributed by atoms with van der Waals surface area (Å²) in [4.78, 5) is 28.3. The highest BCUT2D eigenvalue weighted by Crippen LogP contribution is 2.31. The van der Waals surface area contributed by atoms with Crippen LogP contribution in [-0.4, -0.2) is 33.0 Å². The Balaban J connectivity index is 1.55. The first kappa shape index (κ1) is 19.4. The number of nitrogens with zero attached hydrogens (tertiary/aromatic N) is 3. The molecule has 1 fully saturated rings. The van der Waals surface area contributed by atoms with Gasteiger partial charge in [-0.25, -0.2) is 15.0 Å². The van der Waals surface area contributed by atoms with Gasteiger partial charge in [-0.05, 0) is 79.6 Å². The smallest absolute Gasteiger partial charge is 0.259 e. The SMILES string of the molecule is Cc1cc(Nc2nc(-c3cncnc3)cc3cc[nH]c(=O)c23)ccc1C1CCNCC1. The summed E-state index contributed by atoms with van der Waals surface area (Å²) in [5, 5.41) is 8.15. The molecular formula is C24H24N6O. The summed E-state index contributed by atoms with van der Waals surface area (Å²) in [6.45, 7) is 4.29. The summed E-state index contributed by atoms with van der Waals surface area (Å²) < 4.78 is 0. The third-order valence-electron chi connectivity index (χ3n) is 5.92. The number of benzene rings is 1. The Morgan fingerprint density at radius 3 is 2.65 bits per heavy atom. The minimum absolute atomic E-state index is 0.175. The van der Waals surface area contributed by atoms with Gasteiger partial charge in [-0.2, -0.15) is 0 Å². The number of hydrogen-bond acceptors (Lipinski definition) is 6. The van der Waals surface area contributed by atoms with Gasteiger partial charge in [0, 0.05) is 29.8 Å². The zero-order valence-electron chi connectivity index (χ0n) is 17.4. The molecule has 0 saturated carbocycles. The molecule has 1 aromatic carbocycles. The number of anilines is 2. The number of fused-ring (bicyclic) bond motifs is 1. The lowest BCUT2D eigenvalue weighted by atomic mass is 9.87. The molecule has 0 aliphatic carbocycles. The quantitative estimate of drug-likeness (QED) is 0.471. The maximum Gasteiger partial charge on any atom is 0.259 e. The highest BCUT2D eigenvalue weighted by Gasteiger charge is 2.17. The summed E-state index contributed by atoms with van der Waals surface area (Å²) in [6, 6.07) is 10.2. The summed E-state index contributed by atoms with van der Waals surface area (Å²) >= 11 is 0. The van der Waals surface area contributed by atoms with Gasteiger partial charge in [-0.3, -0.25) is 4.79 Å². The first-order chi connectivity index (χ1) is 15.2. The molecule has 4 aromatic rings. The number of pyridine rings is 2. The number of rotatable bonds is 4. The van der Waals surface area contributed by atoms with Crippen molar-refractivity contribution in [1.82, 2.24) is 25.3 Å². The second-order valence-electron chi connectivity index (χ2n) is 7.97. The number of aryl methyl sites for hydroxylation is 1. The highest BCUT2D eigenvalue weighted by molar-refractivity contribution is 5.95. The number of aromatic amines is 1. The van der Waals surface area contributed by atoms with Crippen LogP contribution in [0.2, 0.25) is 0 Å². The normalized spacial score (nSPS) is 14.6. The molecule has 31 heavy (non-hydrogen) atoms. The zero-order chi connectivity index (χ0) is 21.2. The van der Waals surface area contributed by atoms with E-state index in [1.807, 2.05) is 12.1 Å². The number of piperidine rings is 1. The van der Waals surface area contributed by atoms with Crippen LogP contribution in [0.4, 0.5) is 11.5 Å². The van der Waals surface area contributed by atoms with Crippen LogP contribution < -0.4 is 16.2 Å². The van der Waals surface area contributed by atoms with Gasteiger partial charge < -0.3 is 15.6 Å². The van der Waals surface area contributed by atoms with Gasteiger partial charge in [0.15, 0.2) is 0 Å². The van der Waals surface area contributed by atoms with Crippen LogP contribution in [0.25, 0.3) is 22.0 Å². The Kier molecular flexibility index (Phi) is 5.18. The van der Waals surface area contributed by atoms with E-state index in [-0.39, 0.29) is 5.56 Å². The fourth-order valence-corrected chi connectivity index (χ4v) is 4.37. The molecule has 156 valence electrons. The molecule has 1 aliphatic rings. The first-order valence-electron chi connectivity index (χ1n) is 10.5. The van der Waals surface area contributed by atoms with Gasteiger partial charge in [0.2, 0.25) is 0 Å². The molecule has 3 aromatic heterocycles. The minimum atomic E-state index is -0.175. The third kappa shape index (κ3) is 3.92. The van der Waals surface area contributed by atoms with Crippen molar-refractivity contribution in [2.75, 3.05) is 18.4 Å². The van der Waals surface area contributed by atoms with Gasteiger partial charge in [-0.15, -0.1) is 0 Å². The fraction of sp³-hybridized carbons (Fsp3) is 0.250. The lowest BCUT2D eigenvalue weighted by Gasteiger charge is -2.25. The van der Waals surface area contributed by atoms with Gasteiger partial charge in [-0.1, -0.05) is 6.07 Å². The van der Waals surface area contributed by atoms with E-state index in [4.69, 9.17) is 4.98 Å². The molecule has 4 heterocycles. The average molecular weight is 412 g/mol. The highest BCUT2D eigenvalue weighted by atomic mass is 16.1. The van der Waals surface area contributed by atoms with Crippen molar-refractivity contribution in [2.24, 2.45) is 0 Å². The van der Waals surface area contributed by atoms with E-state index < -0.39 is 0 Å². The number of H-pyrrole nitrogens is 1. The monoisotopic (exact) mass is 412 g/mol. The minimum Gasteiger partial charge on any atom is -0.340 e. The average Bonchev–Trinajstić information content (AvgIpc) is 2.80. The van der Waals surface area contributed by atoms with Crippen LogP contribution in [0.3, 0.4) is 0 Å². The Labute approximate surface area is 180 Å². The van der Waals surface area contributed by atoms with Crippen LogP contribution in [0.15, 0.2) is 60.0 Å². The number of hydrogen-bond donors (Lipinski definition) is 3. The molecule has 0 spiro atoms. The molecule has 0 bridgehead atoms. The molecular weight excluding hydrogens is 388 g/mol.